The first-order valence-electron chi connectivity index (χ1n) is 8.02. The van der Waals surface area contributed by atoms with E-state index in [1.165, 1.54) is 18.9 Å². The van der Waals surface area contributed by atoms with Crippen molar-refractivity contribution < 1.29 is 14.3 Å². The van der Waals surface area contributed by atoms with Gasteiger partial charge in [0.05, 0.1) is 13.2 Å². The topological polar surface area (TPSA) is 47.6 Å². The van der Waals surface area contributed by atoms with Gasteiger partial charge in [0.15, 0.2) is 0 Å². The molecule has 0 aliphatic carbocycles. The summed E-state index contributed by atoms with van der Waals surface area (Å²) in [5, 5.41) is 2.74. The van der Waals surface area contributed by atoms with Crippen LogP contribution in [0.3, 0.4) is 0 Å². The Morgan fingerprint density at radius 2 is 1.59 bits per heavy atom. The van der Waals surface area contributed by atoms with E-state index >= 15 is 0 Å². The molecule has 0 saturated heterocycles. The van der Waals surface area contributed by atoms with E-state index in [-0.39, 0.29) is 5.91 Å². The van der Waals surface area contributed by atoms with Crippen LogP contribution in [0.15, 0.2) is 36.9 Å². The normalized spacial score (nSPS) is 10.0. The third-order valence-corrected chi connectivity index (χ3v) is 3.16. The van der Waals surface area contributed by atoms with Crippen molar-refractivity contribution in [1.29, 1.82) is 0 Å². The molecule has 0 atom stereocenters. The molecule has 0 radical (unpaired) electrons. The Bertz CT molecular complexity index is 428. The van der Waals surface area contributed by atoms with Crippen molar-refractivity contribution in [2.45, 2.75) is 39.0 Å². The molecule has 122 valence electrons. The lowest BCUT2D eigenvalue weighted by Crippen LogP contribution is -2.22. The monoisotopic (exact) mass is 305 g/mol. The Morgan fingerprint density at radius 1 is 1.05 bits per heavy atom. The quantitative estimate of drug-likeness (QED) is 0.473. The van der Waals surface area contributed by atoms with Crippen LogP contribution < -0.4 is 14.8 Å². The first kappa shape index (κ1) is 18.1. The van der Waals surface area contributed by atoms with Crippen LogP contribution in [0.1, 0.15) is 39.0 Å². The van der Waals surface area contributed by atoms with Gasteiger partial charge in [0.2, 0.25) is 5.91 Å². The van der Waals surface area contributed by atoms with Gasteiger partial charge < -0.3 is 14.8 Å². The van der Waals surface area contributed by atoms with Gasteiger partial charge in [0.1, 0.15) is 11.5 Å². The van der Waals surface area contributed by atoms with Gasteiger partial charge >= 0.3 is 0 Å². The van der Waals surface area contributed by atoms with Crippen LogP contribution in [0.2, 0.25) is 0 Å². The van der Waals surface area contributed by atoms with Crippen molar-refractivity contribution in [3.63, 3.8) is 0 Å². The number of rotatable bonds is 12. The highest BCUT2D eigenvalue weighted by Gasteiger charge is 1.98. The van der Waals surface area contributed by atoms with Gasteiger partial charge in [-0.1, -0.05) is 26.3 Å². The second kappa shape index (κ2) is 11.7. The summed E-state index contributed by atoms with van der Waals surface area (Å²) < 4.78 is 11.3. The summed E-state index contributed by atoms with van der Waals surface area (Å²) in [5.41, 5.74) is 0. The number of ether oxygens (including phenoxy) is 2. The lowest BCUT2D eigenvalue weighted by molar-refractivity contribution is -0.116. The van der Waals surface area contributed by atoms with E-state index in [0.29, 0.717) is 13.2 Å². The molecule has 22 heavy (non-hydrogen) atoms. The summed E-state index contributed by atoms with van der Waals surface area (Å²) in [7, 11) is 0. The number of hydrogen-bond donors (Lipinski definition) is 1. The zero-order valence-electron chi connectivity index (χ0n) is 13.5. The van der Waals surface area contributed by atoms with Crippen molar-refractivity contribution in [1.82, 2.24) is 5.32 Å². The minimum absolute atomic E-state index is 0.129. The molecule has 0 aliphatic rings. The van der Waals surface area contributed by atoms with E-state index in [4.69, 9.17) is 9.47 Å². The average molecular weight is 305 g/mol. The summed E-state index contributed by atoms with van der Waals surface area (Å²) in [6, 6.07) is 7.72. The van der Waals surface area contributed by atoms with Crippen molar-refractivity contribution in [3.8, 4) is 11.5 Å². The van der Waals surface area contributed by atoms with Gasteiger partial charge in [0.25, 0.3) is 0 Å². The van der Waals surface area contributed by atoms with Crippen molar-refractivity contribution in [3.05, 3.63) is 36.9 Å². The predicted molar refractivity (Wildman–Crippen MR) is 89.4 cm³/mol. The van der Waals surface area contributed by atoms with Crippen LogP contribution in [-0.4, -0.2) is 25.7 Å². The minimum Gasteiger partial charge on any atom is -0.494 e. The van der Waals surface area contributed by atoms with E-state index in [1.54, 1.807) is 0 Å². The third-order valence-electron chi connectivity index (χ3n) is 3.16. The van der Waals surface area contributed by atoms with Crippen molar-refractivity contribution in [2.24, 2.45) is 0 Å². The summed E-state index contributed by atoms with van der Waals surface area (Å²) in [4.78, 5) is 10.9. The first-order chi connectivity index (χ1) is 10.8. The molecule has 1 aromatic carbocycles. The summed E-state index contributed by atoms with van der Waals surface area (Å²) >= 11 is 0. The molecule has 4 heteroatoms. The number of benzene rings is 1. The molecule has 1 N–H and O–H groups in total. The van der Waals surface area contributed by atoms with E-state index < -0.39 is 0 Å². The maximum Gasteiger partial charge on any atom is 0.243 e. The number of unbranched alkanes of at least 4 members (excludes halogenated alkanes) is 3. The summed E-state index contributed by atoms with van der Waals surface area (Å²) in [6.07, 6.45) is 6.56. The highest BCUT2D eigenvalue weighted by Crippen LogP contribution is 2.18. The third kappa shape index (κ3) is 8.35. The van der Waals surface area contributed by atoms with Gasteiger partial charge in [-0.05, 0) is 49.6 Å². The largest absolute Gasteiger partial charge is 0.494 e. The fourth-order valence-corrected chi connectivity index (χ4v) is 1.88. The Labute approximate surface area is 133 Å². The Hall–Kier alpha value is -1.97. The van der Waals surface area contributed by atoms with Gasteiger partial charge in [0, 0.05) is 6.54 Å². The number of carbonyl (C=O) groups excluding carboxylic acids is 1. The molecule has 1 amide bonds. The molecular weight excluding hydrogens is 278 g/mol. The molecule has 0 unspecified atom stereocenters. The molecule has 1 aromatic rings. The standard InChI is InChI=1S/C18H27NO3/c1-3-5-7-14-21-16-9-11-17(12-10-16)22-15-8-6-13-19-18(20)4-2/h4,9-12H,2-3,5-8,13-15H2,1H3,(H,19,20). The molecule has 0 heterocycles. The van der Waals surface area contributed by atoms with E-state index in [9.17, 15) is 4.79 Å². The molecule has 4 nitrogen and oxygen atoms in total. The summed E-state index contributed by atoms with van der Waals surface area (Å²) in [6.45, 7) is 7.64. The first-order valence-corrected chi connectivity index (χ1v) is 8.02. The molecule has 0 fully saturated rings. The summed E-state index contributed by atoms with van der Waals surface area (Å²) in [5.74, 6) is 1.60. The molecule has 0 saturated carbocycles. The Kier molecular flexibility index (Phi) is 9.59. The van der Waals surface area contributed by atoms with Gasteiger partial charge in [-0.25, -0.2) is 0 Å². The maximum atomic E-state index is 10.9. The number of carbonyl (C=O) groups is 1. The van der Waals surface area contributed by atoms with Crippen molar-refractivity contribution >= 4 is 5.91 Å². The second-order valence-corrected chi connectivity index (χ2v) is 5.08. The molecule has 0 aromatic heterocycles. The smallest absolute Gasteiger partial charge is 0.243 e. The zero-order valence-corrected chi connectivity index (χ0v) is 13.5. The van der Waals surface area contributed by atoms with Crippen LogP contribution >= 0.6 is 0 Å². The highest BCUT2D eigenvalue weighted by molar-refractivity contribution is 5.86. The van der Waals surface area contributed by atoms with Crippen molar-refractivity contribution in [2.75, 3.05) is 19.8 Å². The number of amides is 1. The predicted octanol–water partition coefficient (Wildman–Crippen LogP) is 3.72. The number of nitrogens with one attached hydrogen (secondary N) is 1. The van der Waals surface area contributed by atoms with Crippen LogP contribution in [-0.2, 0) is 4.79 Å². The molecule has 0 aliphatic heterocycles. The molecule has 0 spiro atoms. The average Bonchev–Trinajstić information content (AvgIpc) is 2.55. The maximum absolute atomic E-state index is 10.9. The SMILES string of the molecule is C=CC(=O)NCCCCOc1ccc(OCCCCC)cc1. The molecular formula is C18H27NO3. The van der Waals surface area contributed by atoms with E-state index in [2.05, 4.69) is 18.8 Å². The van der Waals surface area contributed by atoms with Crippen LogP contribution in [0.5, 0.6) is 11.5 Å². The van der Waals surface area contributed by atoms with E-state index in [1.807, 2.05) is 24.3 Å². The lowest BCUT2D eigenvalue weighted by atomic mass is 10.2. The van der Waals surface area contributed by atoms with Gasteiger partial charge in [-0.3, -0.25) is 4.79 Å². The number of hydrogen-bond acceptors (Lipinski definition) is 3. The Morgan fingerprint density at radius 3 is 2.09 bits per heavy atom. The highest BCUT2D eigenvalue weighted by atomic mass is 16.5. The minimum atomic E-state index is -0.129. The Balaban J connectivity index is 2.11. The zero-order chi connectivity index (χ0) is 16.0. The van der Waals surface area contributed by atoms with Crippen LogP contribution in [0, 0.1) is 0 Å². The fraction of sp³-hybridized carbons (Fsp3) is 0.500. The van der Waals surface area contributed by atoms with Gasteiger partial charge in [-0.2, -0.15) is 0 Å². The lowest BCUT2D eigenvalue weighted by Gasteiger charge is -2.09. The van der Waals surface area contributed by atoms with E-state index in [0.717, 1.165) is 37.4 Å². The van der Waals surface area contributed by atoms with Crippen LogP contribution in [0.4, 0.5) is 0 Å². The molecule has 0 bridgehead atoms. The molecule has 1 rings (SSSR count). The van der Waals surface area contributed by atoms with Crippen LogP contribution in [0.25, 0.3) is 0 Å². The second-order valence-electron chi connectivity index (χ2n) is 5.08. The fourth-order valence-electron chi connectivity index (χ4n) is 1.88. The van der Waals surface area contributed by atoms with Gasteiger partial charge in [-0.15, -0.1) is 0 Å².